The van der Waals surface area contributed by atoms with E-state index in [-0.39, 0.29) is 23.6 Å². The molecule has 1 heterocycles. The highest BCUT2D eigenvalue weighted by Crippen LogP contribution is 2.21. The van der Waals surface area contributed by atoms with Gasteiger partial charge in [0, 0.05) is 26.7 Å². The van der Waals surface area contributed by atoms with E-state index in [4.69, 9.17) is 5.26 Å². The topological polar surface area (TPSA) is 47.3 Å². The van der Waals surface area contributed by atoms with Gasteiger partial charge in [-0.05, 0) is 44.0 Å². The number of amides is 1. The molecule has 0 unspecified atom stereocenters. The lowest BCUT2D eigenvalue weighted by Gasteiger charge is -2.34. The van der Waals surface area contributed by atoms with Crippen LogP contribution in [0.15, 0.2) is 24.3 Å². The zero-order valence-corrected chi connectivity index (χ0v) is 13.8. The summed E-state index contributed by atoms with van der Waals surface area (Å²) < 4.78 is 13.3. The van der Waals surface area contributed by atoms with Crippen molar-refractivity contribution in [1.82, 2.24) is 9.80 Å². The van der Waals surface area contributed by atoms with Gasteiger partial charge in [-0.2, -0.15) is 5.26 Å². The van der Waals surface area contributed by atoms with Crippen LogP contribution < -0.4 is 0 Å². The van der Waals surface area contributed by atoms with E-state index in [2.05, 4.69) is 11.0 Å². The van der Waals surface area contributed by atoms with E-state index in [1.807, 2.05) is 13.0 Å². The Morgan fingerprint density at radius 2 is 2.35 bits per heavy atom. The molecule has 0 aliphatic carbocycles. The number of rotatable bonds is 5. The van der Waals surface area contributed by atoms with Crippen LogP contribution in [-0.4, -0.2) is 42.4 Å². The summed E-state index contributed by atoms with van der Waals surface area (Å²) in [5, 5.41) is 8.88. The van der Waals surface area contributed by atoms with E-state index in [9.17, 15) is 9.18 Å². The molecule has 0 N–H and O–H groups in total. The lowest BCUT2D eigenvalue weighted by atomic mass is 9.96. The largest absolute Gasteiger partial charge is 0.344 e. The minimum Gasteiger partial charge on any atom is -0.344 e. The van der Waals surface area contributed by atoms with E-state index in [1.54, 1.807) is 24.1 Å². The van der Waals surface area contributed by atoms with E-state index >= 15 is 0 Å². The fourth-order valence-corrected chi connectivity index (χ4v) is 3.15. The summed E-state index contributed by atoms with van der Waals surface area (Å²) in [5.74, 6) is -0.308. The first kappa shape index (κ1) is 17.4. The van der Waals surface area contributed by atoms with Crippen molar-refractivity contribution in [2.45, 2.75) is 26.3 Å². The van der Waals surface area contributed by atoms with Crippen molar-refractivity contribution in [1.29, 1.82) is 5.26 Å². The number of piperidine rings is 1. The summed E-state index contributed by atoms with van der Waals surface area (Å²) in [5.41, 5.74) is 0.935. The Balaban J connectivity index is 1.92. The normalized spacial score (nSPS) is 19.8. The van der Waals surface area contributed by atoms with Crippen molar-refractivity contribution in [2.75, 3.05) is 26.7 Å². The highest BCUT2D eigenvalue weighted by Gasteiger charge is 2.28. The first-order valence-corrected chi connectivity index (χ1v) is 8.11. The van der Waals surface area contributed by atoms with Crippen LogP contribution in [0.1, 0.15) is 25.3 Å². The molecule has 1 fully saturated rings. The molecule has 1 aliphatic heterocycles. The smallest absolute Gasteiger partial charge is 0.226 e. The fourth-order valence-electron chi connectivity index (χ4n) is 3.15. The first-order chi connectivity index (χ1) is 11.0. The summed E-state index contributed by atoms with van der Waals surface area (Å²) in [7, 11) is 1.77. The minimum absolute atomic E-state index is 0.0341. The Morgan fingerprint density at radius 1 is 1.57 bits per heavy atom. The Kier molecular flexibility index (Phi) is 6.12. The van der Waals surface area contributed by atoms with Gasteiger partial charge in [0.15, 0.2) is 0 Å². The van der Waals surface area contributed by atoms with Crippen LogP contribution in [0.4, 0.5) is 4.39 Å². The van der Waals surface area contributed by atoms with E-state index in [0.29, 0.717) is 19.6 Å². The Bertz CT molecular complexity index is 584. The van der Waals surface area contributed by atoms with Crippen LogP contribution in [0.2, 0.25) is 0 Å². The van der Waals surface area contributed by atoms with Gasteiger partial charge < -0.3 is 4.90 Å². The number of carbonyl (C=O) groups excluding carboxylic acids is 1. The van der Waals surface area contributed by atoms with Crippen LogP contribution in [0, 0.1) is 29.0 Å². The summed E-state index contributed by atoms with van der Waals surface area (Å²) in [4.78, 5) is 16.4. The lowest BCUT2D eigenvalue weighted by Crippen LogP contribution is -2.44. The van der Waals surface area contributed by atoms with Crippen LogP contribution >= 0.6 is 0 Å². The van der Waals surface area contributed by atoms with Gasteiger partial charge in [-0.3, -0.25) is 9.69 Å². The van der Waals surface area contributed by atoms with Gasteiger partial charge in [-0.25, -0.2) is 4.39 Å². The molecule has 4 nitrogen and oxygen atoms in total. The number of carbonyl (C=O) groups is 1. The molecule has 5 heteroatoms. The molecule has 0 aromatic heterocycles. The second-order valence-electron chi connectivity index (χ2n) is 6.45. The number of likely N-dealkylation sites (tertiary alicyclic amines) is 1. The minimum atomic E-state index is -0.225. The predicted molar refractivity (Wildman–Crippen MR) is 86.8 cm³/mol. The molecule has 124 valence electrons. The molecule has 0 saturated carbocycles. The number of hydrogen-bond acceptors (Lipinski definition) is 3. The van der Waals surface area contributed by atoms with Crippen LogP contribution in [0.3, 0.4) is 0 Å². The second-order valence-corrected chi connectivity index (χ2v) is 6.45. The highest BCUT2D eigenvalue weighted by atomic mass is 19.1. The number of nitriles is 1. The Morgan fingerprint density at radius 3 is 3.04 bits per heavy atom. The molecule has 1 amide bonds. The standard InChI is InChI=1S/C18H24FN3O/c1-14(10-20)11-21(2)18(23)16-6-4-8-22(13-16)12-15-5-3-7-17(19)9-15/h3,5,7,9,14,16H,4,6,8,11-13H2,1-2H3/t14-,16+/m0/s1. The molecule has 1 aromatic carbocycles. The van der Waals surface area contributed by atoms with Crippen molar-refractivity contribution >= 4 is 5.91 Å². The van der Waals surface area contributed by atoms with Crippen molar-refractivity contribution in [3.05, 3.63) is 35.6 Å². The highest BCUT2D eigenvalue weighted by molar-refractivity contribution is 5.79. The molecule has 2 rings (SSSR count). The molecule has 1 saturated heterocycles. The third-order valence-corrected chi connectivity index (χ3v) is 4.29. The zero-order chi connectivity index (χ0) is 16.8. The number of nitrogens with zero attached hydrogens (tertiary/aromatic N) is 3. The van der Waals surface area contributed by atoms with Crippen molar-refractivity contribution < 1.29 is 9.18 Å². The van der Waals surface area contributed by atoms with Gasteiger partial charge in [-0.15, -0.1) is 0 Å². The number of benzene rings is 1. The molecule has 23 heavy (non-hydrogen) atoms. The van der Waals surface area contributed by atoms with E-state index in [0.717, 1.165) is 24.9 Å². The second kappa shape index (κ2) is 8.07. The summed E-state index contributed by atoms with van der Waals surface area (Å²) in [6, 6.07) is 8.78. The molecule has 1 aromatic rings. The van der Waals surface area contributed by atoms with Gasteiger partial charge in [0.1, 0.15) is 5.82 Å². The molecule has 0 spiro atoms. The summed E-state index contributed by atoms with van der Waals surface area (Å²) >= 11 is 0. The van der Waals surface area contributed by atoms with E-state index in [1.165, 1.54) is 6.07 Å². The maximum absolute atomic E-state index is 13.3. The number of hydrogen-bond donors (Lipinski definition) is 0. The Hall–Kier alpha value is -1.93. The quantitative estimate of drug-likeness (QED) is 0.839. The first-order valence-electron chi connectivity index (χ1n) is 8.11. The maximum atomic E-state index is 13.3. The van der Waals surface area contributed by atoms with Gasteiger partial charge in [-0.1, -0.05) is 12.1 Å². The molecule has 0 radical (unpaired) electrons. The monoisotopic (exact) mass is 317 g/mol. The molecule has 1 aliphatic rings. The van der Waals surface area contributed by atoms with Gasteiger partial charge in [0.25, 0.3) is 0 Å². The summed E-state index contributed by atoms with van der Waals surface area (Å²) in [6.07, 6.45) is 1.84. The Labute approximate surface area is 137 Å². The van der Waals surface area contributed by atoms with Crippen molar-refractivity contribution in [2.24, 2.45) is 11.8 Å². The van der Waals surface area contributed by atoms with Gasteiger partial charge in [0.2, 0.25) is 5.91 Å². The summed E-state index contributed by atoms with van der Waals surface area (Å²) in [6.45, 7) is 4.58. The average Bonchev–Trinajstić information content (AvgIpc) is 2.54. The molecule has 2 atom stereocenters. The van der Waals surface area contributed by atoms with Gasteiger partial charge >= 0.3 is 0 Å². The van der Waals surface area contributed by atoms with Crippen molar-refractivity contribution in [3.63, 3.8) is 0 Å². The predicted octanol–water partition coefficient (Wildman–Crippen LogP) is 2.66. The molecular weight excluding hydrogens is 293 g/mol. The third kappa shape index (κ3) is 5.04. The van der Waals surface area contributed by atoms with E-state index < -0.39 is 0 Å². The molecule has 0 bridgehead atoms. The maximum Gasteiger partial charge on any atom is 0.226 e. The SMILES string of the molecule is C[C@@H](C#N)CN(C)C(=O)[C@@H]1CCCN(Cc2cccc(F)c2)C1. The zero-order valence-electron chi connectivity index (χ0n) is 13.8. The van der Waals surface area contributed by atoms with Gasteiger partial charge in [0.05, 0.1) is 17.9 Å². The fraction of sp³-hybridized carbons (Fsp3) is 0.556. The molecular formula is C18H24FN3O. The van der Waals surface area contributed by atoms with Crippen molar-refractivity contribution in [3.8, 4) is 6.07 Å². The lowest BCUT2D eigenvalue weighted by molar-refractivity contribution is -0.136. The third-order valence-electron chi connectivity index (χ3n) is 4.29. The van der Waals surface area contributed by atoms with Crippen LogP contribution in [0.5, 0.6) is 0 Å². The van der Waals surface area contributed by atoms with Crippen LogP contribution in [0.25, 0.3) is 0 Å². The van der Waals surface area contributed by atoms with Crippen LogP contribution in [-0.2, 0) is 11.3 Å². The average molecular weight is 317 g/mol. The number of halogens is 1.